The van der Waals surface area contributed by atoms with Crippen LogP contribution in [0.1, 0.15) is 30.1 Å². The van der Waals surface area contributed by atoms with Crippen LogP contribution in [0.3, 0.4) is 0 Å². The number of likely N-dealkylation sites (tertiary alicyclic amines) is 1. The predicted molar refractivity (Wildman–Crippen MR) is 86.3 cm³/mol. The molecule has 1 spiro atoms. The Morgan fingerprint density at radius 2 is 2.04 bits per heavy atom. The van der Waals surface area contributed by atoms with Crippen molar-refractivity contribution < 1.29 is 9.53 Å². The van der Waals surface area contributed by atoms with Gasteiger partial charge in [0.25, 0.3) is 0 Å². The minimum atomic E-state index is -0.696. The van der Waals surface area contributed by atoms with Gasteiger partial charge in [0, 0.05) is 5.56 Å². The molecule has 120 valence electrons. The number of carbonyl (C=O) groups excluding carboxylic acids is 1. The summed E-state index contributed by atoms with van der Waals surface area (Å²) in [4.78, 5) is 15.3. The van der Waals surface area contributed by atoms with Crippen molar-refractivity contribution in [2.45, 2.75) is 25.9 Å². The van der Waals surface area contributed by atoms with Crippen LogP contribution in [0.5, 0.6) is 0 Å². The van der Waals surface area contributed by atoms with Gasteiger partial charge in [0.15, 0.2) is 12.0 Å². The Labute approximate surface area is 136 Å². The van der Waals surface area contributed by atoms with E-state index in [1.807, 2.05) is 18.2 Å². The summed E-state index contributed by atoms with van der Waals surface area (Å²) >= 11 is 0. The van der Waals surface area contributed by atoms with Crippen LogP contribution < -0.4 is 5.73 Å². The molecule has 1 aromatic rings. The number of ketones is 1. The number of nitrogens with zero attached hydrogens (tertiary/aromatic N) is 2. The van der Waals surface area contributed by atoms with Crippen LogP contribution in [0, 0.1) is 16.7 Å². The summed E-state index contributed by atoms with van der Waals surface area (Å²) < 4.78 is 5.71. The standard InChI is InChI=1S/C18H21N3O2/c1-2-21-10-8-18(9-11-21)14(12-19)17(20)23-16(18)15(22)13-6-4-3-5-7-13/h3-7,16H,2,8-11,20H2,1H3. The maximum absolute atomic E-state index is 12.9. The zero-order valence-corrected chi connectivity index (χ0v) is 13.3. The quantitative estimate of drug-likeness (QED) is 0.864. The van der Waals surface area contributed by atoms with Crippen molar-refractivity contribution in [3.63, 3.8) is 0 Å². The molecule has 1 fully saturated rings. The molecule has 0 radical (unpaired) electrons. The fourth-order valence-electron chi connectivity index (χ4n) is 3.68. The highest BCUT2D eigenvalue weighted by molar-refractivity contribution is 6.00. The third kappa shape index (κ3) is 2.49. The molecule has 3 rings (SSSR count). The average molecular weight is 311 g/mol. The third-order valence-corrected chi connectivity index (χ3v) is 5.09. The number of benzene rings is 1. The molecule has 0 saturated carbocycles. The Morgan fingerprint density at radius 1 is 1.39 bits per heavy atom. The number of ether oxygens (including phenoxy) is 1. The smallest absolute Gasteiger partial charge is 0.204 e. The van der Waals surface area contributed by atoms with Crippen LogP contribution in [0.15, 0.2) is 41.8 Å². The lowest BCUT2D eigenvalue weighted by Gasteiger charge is -2.40. The minimum absolute atomic E-state index is 0.0938. The maximum atomic E-state index is 12.9. The predicted octanol–water partition coefficient (Wildman–Crippen LogP) is 2.06. The van der Waals surface area contributed by atoms with E-state index in [2.05, 4.69) is 17.9 Å². The van der Waals surface area contributed by atoms with Crippen molar-refractivity contribution in [1.82, 2.24) is 4.90 Å². The number of carbonyl (C=O) groups is 1. The van der Waals surface area contributed by atoms with Gasteiger partial charge in [-0.2, -0.15) is 5.26 Å². The summed E-state index contributed by atoms with van der Waals surface area (Å²) in [6.07, 6.45) is 0.736. The summed E-state index contributed by atoms with van der Waals surface area (Å²) in [5, 5.41) is 9.55. The third-order valence-electron chi connectivity index (χ3n) is 5.09. The van der Waals surface area contributed by atoms with E-state index < -0.39 is 11.5 Å². The molecule has 2 heterocycles. The number of piperidine rings is 1. The van der Waals surface area contributed by atoms with Gasteiger partial charge in [0.1, 0.15) is 6.07 Å². The molecule has 5 heteroatoms. The van der Waals surface area contributed by atoms with Gasteiger partial charge in [-0.3, -0.25) is 4.79 Å². The van der Waals surface area contributed by atoms with E-state index in [0.29, 0.717) is 24.0 Å². The van der Waals surface area contributed by atoms with Crippen LogP contribution in [0.4, 0.5) is 0 Å². The summed E-state index contributed by atoms with van der Waals surface area (Å²) in [6, 6.07) is 11.3. The van der Waals surface area contributed by atoms with Crippen molar-refractivity contribution in [2.24, 2.45) is 11.1 Å². The van der Waals surface area contributed by atoms with E-state index >= 15 is 0 Å². The zero-order valence-electron chi connectivity index (χ0n) is 13.3. The van der Waals surface area contributed by atoms with E-state index in [0.717, 1.165) is 19.6 Å². The van der Waals surface area contributed by atoms with Gasteiger partial charge in [-0.1, -0.05) is 37.3 Å². The molecule has 23 heavy (non-hydrogen) atoms. The molecule has 0 amide bonds. The lowest BCUT2D eigenvalue weighted by Crippen LogP contribution is -2.48. The van der Waals surface area contributed by atoms with Gasteiger partial charge < -0.3 is 15.4 Å². The lowest BCUT2D eigenvalue weighted by atomic mass is 9.68. The van der Waals surface area contributed by atoms with Gasteiger partial charge in [0.05, 0.1) is 11.0 Å². The second-order valence-corrected chi connectivity index (χ2v) is 6.17. The Balaban J connectivity index is 1.95. The molecule has 5 nitrogen and oxygen atoms in total. The second kappa shape index (κ2) is 6.05. The highest BCUT2D eigenvalue weighted by atomic mass is 16.5. The molecular formula is C18H21N3O2. The van der Waals surface area contributed by atoms with Crippen LogP contribution in [0.25, 0.3) is 0 Å². The zero-order chi connectivity index (χ0) is 16.4. The fourth-order valence-corrected chi connectivity index (χ4v) is 3.68. The second-order valence-electron chi connectivity index (χ2n) is 6.17. The Morgan fingerprint density at radius 3 is 2.61 bits per heavy atom. The van der Waals surface area contributed by atoms with Crippen molar-refractivity contribution in [2.75, 3.05) is 19.6 Å². The first-order valence-electron chi connectivity index (χ1n) is 8.01. The normalized spacial score (nSPS) is 23.6. The molecule has 1 atom stereocenters. The average Bonchev–Trinajstić information content (AvgIpc) is 2.87. The van der Waals surface area contributed by atoms with E-state index in [-0.39, 0.29) is 11.7 Å². The van der Waals surface area contributed by atoms with Crippen molar-refractivity contribution >= 4 is 5.78 Å². The summed E-state index contributed by atoms with van der Waals surface area (Å²) in [7, 11) is 0. The first-order valence-corrected chi connectivity index (χ1v) is 8.01. The summed E-state index contributed by atoms with van der Waals surface area (Å²) in [5.41, 5.74) is 6.40. The number of Topliss-reactive ketones (excluding diaryl/α,β-unsaturated/α-hetero) is 1. The van der Waals surface area contributed by atoms with Gasteiger partial charge in [-0.15, -0.1) is 0 Å². The number of nitrogens with two attached hydrogens (primary N) is 1. The molecule has 1 unspecified atom stereocenters. The topological polar surface area (TPSA) is 79.3 Å². The van der Waals surface area contributed by atoms with Crippen molar-refractivity contribution in [1.29, 1.82) is 5.26 Å². The Kier molecular flexibility index (Phi) is 4.10. The fraction of sp³-hybridized carbons (Fsp3) is 0.444. The first-order chi connectivity index (χ1) is 11.1. The first kappa shape index (κ1) is 15.6. The molecular weight excluding hydrogens is 290 g/mol. The molecule has 0 aromatic heterocycles. The highest BCUT2D eigenvalue weighted by Gasteiger charge is 2.55. The monoisotopic (exact) mass is 311 g/mol. The molecule has 2 aliphatic rings. The van der Waals surface area contributed by atoms with E-state index in [4.69, 9.17) is 10.5 Å². The van der Waals surface area contributed by atoms with Crippen LogP contribution in [0.2, 0.25) is 0 Å². The molecule has 2 N–H and O–H groups in total. The van der Waals surface area contributed by atoms with E-state index in [1.54, 1.807) is 12.1 Å². The van der Waals surface area contributed by atoms with Gasteiger partial charge in [0.2, 0.25) is 5.78 Å². The largest absolute Gasteiger partial charge is 0.466 e. The minimum Gasteiger partial charge on any atom is -0.466 e. The van der Waals surface area contributed by atoms with Gasteiger partial charge >= 0.3 is 0 Å². The number of hydrogen-bond acceptors (Lipinski definition) is 5. The van der Waals surface area contributed by atoms with Gasteiger partial charge in [-0.05, 0) is 32.5 Å². The highest BCUT2D eigenvalue weighted by Crippen LogP contribution is 2.49. The summed E-state index contributed by atoms with van der Waals surface area (Å²) in [6.45, 7) is 4.77. The van der Waals surface area contributed by atoms with E-state index in [1.165, 1.54) is 0 Å². The Hall–Kier alpha value is -2.32. The van der Waals surface area contributed by atoms with Crippen LogP contribution in [-0.2, 0) is 4.74 Å². The van der Waals surface area contributed by atoms with Crippen molar-refractivity contribution in [3.8, 4) is 6.07 Å². The maximum Gasteiger partial charge on any atom is 0.204 e. The molecule has 1 aromatic carbocycles. The molecule has 2 aliphatic heterocycles. The molecule has 0 aliphatic carbocycles. The van der Waals surface area contributed by atoms with E-state index in [9.17, 15) is 10.1 Å². The van der Waals surface area contributed by atoms with Crippen LogP contribution in [-0.4, -0.2) is 36.4 Å². The Bertz CT molecular complexity index is 667. The summed E-state index contributed by atoms with van der Waals surface area (Å²) in [5.74, 6) is 0.0236. The van der Waals surface area contributed by atoms with Crippen LogP contribution >= 0.6 is 0 Å². The molecule has 0 bridgehead atoms. The number of nitriles is 1. The van der Waals surface area contributed by atoms with Crippen molar-refractivity contribution in [3.05, 3.63) is 47.4 Å². The lowest BCUT2D eigenvalue weighted by molar-refractivity contribution is 0.0184. The number of rotatable bonds is 3. The van der Waals surface area contributed by atoms with Gasteiger partial charge in [-0.25, -0.2) is 0 Å². The number of hydrogen-bond donors (Lipinski definition) is 1. The SMILES string of the molecule is CCN1CCC2(CC1)C(C#N)=C(N)OC2C(=O)c1ccccc1. The molecule has 1 saturated heterocycles.